The SMILES string of the molecule is CCc1[nH]n(-c2ccc(F)cc2F)c(=O)c1C. The van der Waals surface area contributed by atoms with E-state index in [1.54, 1.807) is 6.92 Å². The Kier molecular flexibility index (Phi) is 2.83. The van der Waals surface area contributed by atoms with Gasteiger partial charge in [0.15, 0.2) is 5.82 Å². The number of nitrogens with one attached hydrogen (secondary N) is 1. The first kappa shape index (κ1) is 11.6. The van der Waals surface area contributed by atoms with E-state index in [0.717, 1.165) is 22.5 Å². The number of aromatic nitrogens is 2. The highest BCUT2D eigenvalue weighted by Gasteiger charge is 2.13. The van der Waals surface area contributed by atoms with Gasteiger partial charge in [-0.2, -0.15) is 0 Å². The second kappa shape index (κ2) is 4.16. The number of aryl methyl sites for hydroxylation is 1. The minimum absolute atomic E-state index is 0.0270. The molecule has 0 radical (unpaired) electrons. The molecule has 0 saturated carbocycles. The number of benzene rings is 1. The summed E-state index contributed by atoms with van der Waals surface area (Å²) in [5.41, 5.74) is 1.02. The first-order valence-corrected chi connectivity index (χ1v) is 5.30. The van der Waals surface area contributed by atoms with Crippen molar-refractivity contribution in [1.29, 1.82) is 0 Å². The van der Waals surface area contributed by atoms with Gasteiger partial charge in [-0.25, -0.2) is 13.5 Å². The summed E-state index contributed by atoms with van der Waals surface area (Å²) < 4.78 is 27.4. The molecule has 17 heavy (non-hydrogen) atoms. The number of rotatable bonds is 2. The number of hydrogen-bond donors (Lipinski definition) is 1. The van der Waals surface area contributed by atoms with E-state index in [1.165, 1.54) is 6.07 Å². The fourth-order valence-electron chi connectivity index (χ4n) is 1.74. The number of hydrogen-bond acceptors (Lipinski definition) is 1. The Labute approximate surface area is 96.7 Å². The van der Waals surface area contributed by atoms with Crippen molar-refractivity contribution < 1.29 is 8.78 Å². The maximum atomic E-state index is 13.5. The Hall–Kier alpha value is -1.91. The second-order valence-electron chi connectivity index (χ2n) is 3.81. The van der Waals surface area contributed by atoms with Crippen LogP contribution in [-0.4, -0.2) is 9.78 Å². The molecule has 0 spiro atoms. The topological polar surface area (TPSA) is 37.8 Å². The van der Waals surface area contributed by atoms with E-state index in [0.29, 0.717) is 12.0 Å². The summed E-state index contributed by atoms with van der Waals surface area (Å²) in [5.74, 6) is -1.44. The lowest BCUT2D eigenvalue weighted by Crippen LogP contribution is -2.17. The maximum Gasteiger partial charge on any atom is 0.274 e. The Morgan fingerprint density at radius 1 is 1.35 bits per heavy atom. The molecule has 0 saturated heterocycles. The first-order chi connectivity index (χ1) is 8.04. The Morgan fingerprint density at radius 3 is 2.59 bits per heavy atom. The van der Waals surface area contributed by atoms with Gasteiger partial charge in [0.2, 0.25) is 0 Å². The molecule has 2 aromatic rings. The van der Waals surface area contributed by atoms with Gasteiger partial charge in [-0.05, 0) is 25.5 Å². The molecule has 0 bridgehead atoms. The van der Waals surface area contributed by atoms with Crippen LogP contribution in [0.5, 0.6) is 0 Å². The highest BCUT2D eigenvalue weighted by molar-refractivity contribution is 5.34. The lowest BCUT2D eigenvalue weighted by Gasteiger charge is -2.03. The van der Waals surface area contributed by atoms with Crippen molar-refractivity contribution in [3.05, 3.63) is 51.4 Å². The van der Waals surface area contributed by atoms with Gasteiger partial charge in [-0.1, -0.05) is 6.92 Å². The molecular weight excluding hydrogens is 226 g/mol. The molecule has 2 rings (SSSR count). The number of H-pyrrole nitrogens is 1. The van der Waals surface area contributed by atoms with Gasteiger partial charge in [0, 0.05) is 17.3 Å². The zero-order chi connectivity index (χ0) is 12.6. The van der Waals surface area contributed by atoms with Crippen molar-refractivity contribution in [2.45, 2.75) is 20.3 Å². The van der Waals surface area contributed by atoms with Gasteiger partial charge in [0.05, 0.1) is 0 Å². The zero-order valence-electron chi connectivity index (χ0n) is 9.55. The highest BCUT2D eigenvalue weighted by atomic mass is 19.1. The molecule has 90 valence electrons. The van der Waals surface area contributed by atoms with E-state index in [9.17, 15) is 13.6 Å². The van der Waals surface area contributed by atoms with Gasteiger partial charge in [0.25, 0.3) is 5.56 Å². The van der Waals surface area contributed by atoms with Gasteiger partial charge in [0.1, 0.15) is 11.5 Å². The molecule has 0 aliphatic carbocycles. The Balaban J connectivity index is 2.65. The monoisotopic (exact) mass is 238 g/mol. The van der Waals surface area contributed by atoms with Crippen LogP contribution in [0.3, 0.4) is 0 Å². The molecule has 3 nitrogen and oxygen atoms in total. The minimum atomic E-state index is -0.768. The minimum Gasteiger partial charge on any atom is -0.295 e. The second-order valence-corrected chi connectivity index (χ2v) is 3.81. The van der Waals surface area contributed by atoms with Crippen LogP contribution in [0.1, 0.15) is 18.2 Å². The average molecular weight is 238 g/mol. The van der Waals surface area contributed by atoms with Crippen LogP contribution < -0.4 is 5.56 Å². The lowest BCUT2D eigenvalue weighted by molar-refractivity contribution is 0.572. The average Bonchev–Trinajstić information content (AvgIpc) is 2.57. The van der Waals surface area contributed by atoms with Crippen LogP contribution in [0.15, 0.2) is 23.0 Å². The standard InChI is InChI=1S/C12H12F2N2O/c1-3-10-7(2)12(17)16(15-10)11-5-4-8(13)6-9(11)14/h4-6,15H,3H2,1-2H3. The normalized spacial score (nSPS) is 10.8. The van der Waals surface area contributed by atoms with Crippen LogP contribution in [0.4, 0.5) is 8.78 Å². The van der Waals surface area contributed by atoms with Crippen molar-refractivity contribution in [2.24, 2.45) is 0 Å². The van der Waals surface area contributed by atoms with Crippen molar-refractivity contribution in [3.63, 3.8) is 0 Å². The predicted octanol–water partition coefficient (Wildman–Crippen LogP) is 2.31. The van der Waals surface area contributed by atoms with Gasteiger partial charge < -0.3 is 0 Å². The van der Waals surface area contributed by atoms with Crippen molar-refractivity contribution in [1.82, 2.24) is 9.78 Å². The van der Waals surface area contributed by atoms with Crippen LogP contribution in [0.25, 0.3) is 5.69 Å². The summed E-state index contributed by atoms with van der Waals surface area (Å²) in [4.78, 5) is 11.9. The molecule has 5 heteroatoms. The fraction of sp³-hybridized carbons (Fsp3) is 0.250. The van der Waals surface area contributed by atoms with E-state index in [4.69, 9.17) is 0 Å². The summed E-state index contributed by atoms with van der Waals surface area (Å²) in [6.07, 6.45) is 0.650. The van der Waals surface area contributed by atoms with Crippen molar-refractivity contribution in [2.75, 3.05) is 0 Å². The smallest absolute Gasteiger partial charge is 0.274 e. The predicted molar refractivity (Wildman–Crippen MR) is 60.4 cm³/mol. The first-order valence-electron chi connectivity index (χ1n) is 5.30. The van der Waals surface area contributed by atoms with E-state index < -0.39 is 11.6 Å². The van der Waals surface area contributed by atoms with E-state index >= 15 is 0 Å². The lowest BCUT2D eigenvalue weighted by atomic mass is 10.2. The molecular formula is C12H12F2N2O. The van der Waals surface area contributed by atoms with Crippen LogP contribution in [0, 0.1) is 18.6 Å². The number of aromatic amines is 1. The van der Waals surface area contributed by atoms with E-state index in [2.05, 4.69) is 5.10 Å². The fourth-order valence-corrected chi connectivity index (χ4v) is 1.74. The quantitative estimate of drug-likeness (QED) is 0.856. The van der Waals surface area contributed by atoms with E-state index in [-0.39, 0.29) is 11.2 Å². The van der Waals surface area contributed by atoms with Crippen LogP contribution >= 0.6 is 0 Å². The number of halogens is 2. The van der Waals surface area contributed by atoms with E-state index in [1.807, 2.05) is 6.92 Å². The maximum absolute atomic E-state index is 13.5. The third-order valence-corrected chi connectivity index (χ3v) is 2.73. The molecule has 1 N–H and O–H groups in total. The van der Waals surface area contributed by atoms with Gasteiger partial charge in [-0.15, -0.1) is 0 Å². The summed E-state index contributed by atoms with van der Waals surface area (Å²) in [6, 6.07) is 3.11. The molecule has 0 aliphatic heterocycles. The number of nitrogens with zero attached hydrogens (tertiary/aromatic N) is 1. The molecule has 1 aromatic carbocycles. The Morgan fingerprint density at radius 2 is 2.06 bits per heavy atom. The molecule has 0 aliphatic rings. The summed E-state index contributed by atoms with van der Waals surface area (Å²) >= 11 is 0. The summed E-state index contributed by atoms with van der Waals surface area (Å²) in [6.45, 7) is 3.57. The molecule has 1 aromatic heterocycles. The van der Waals surface area contributed by atoms with Crippen molar-refractivity contribution in [3.8, 4) is 5.69 Å². The molecule has 1 heterocycles. The van der Waals surface area contributed by atoms with Crippen LogP contribution in [0.2, 0.25) is 0 Å². The third kappa shape index (κ3) is 1.88. The third-order valence-electron chi connectivity index (χ3n) is 2.73. The molecule has 0 amide bonds. The Bertz CT molecular complexity index is 613. The summed E-state index contributed by atoms with van der Waals surface area (Å²) in [5, 5.41) is 2.82. The van der Waals surface area contributed by atoms with Gasteiger partial charge >= 0.3 is 0 Å². The zero-order valence-corrected chi connectivity index (χ0v) is 9.55. The molecule has 0 atom stereocenters. The molecule has 0 fully saturated rings. The van der Waals surface area contributed by atoms with Crippen molar-refractivity contribution >= 4 is 0 Å². The highest BCUT2D eigenvalue weighted by Crippen LogP contribution is 2.13. The van der Waals surface area contributed by atoms with Gasteiger partial charge in [-0.3, -0.25) is 9.89 Å². The van der Waals surface area contributed by atoms with Crippen LogP contribution in [-0.2, 0) is 6.42 Å². The largest absolute Gasteiger partial charge is 0.295 e. The summed E-state index contributed by atoms with van der Waals surface area (Å²) in [7, 11) is 0. The molecule has 0 unspecified atom stereocenters.